The van der Waals surface area contributed by atoms with Crippen LogP contribution in [-0.4, -0.2) is 28.1 Å². The number of carbonyl (C=O) groups excluding carboxylic acids is 1. The Kier molecular flexibility index (Phi) is 6.09. The van der Waals surface area contributed by atoms with Crippen LogP contribution in [0.15, 0.2) is 66.9 Å². The van der Waals surface area contributed by atoms with Crippen molar-refractivity contribution in [2.45, 2.75) is 20.0 Å². The van der Waals surface area contributed by atoms with Gasteiger partial charge in [0.05, 0.1) is 11.7 Å². The topological polar surface area (TPSA) is 97.8 Å². The Balaban J connectivity index is 1.84. The molecule has 7 heteroatoms. The fourth-order valence-electron chi connectivity index (χ4n) is 2.51. The van der Waals surface area contributed by atoms with E-state index in [1.54, 1.807) is 18.2 Å². The number of para-hydroxylation sites is 1. The van der Waals surface area contributed by atoms with Crippen LogP contribution >= 0.6 is 0 Å². The standard InChI is InChI=1S/C22H20N2O5/c1-14(2)28-18-10-16(11-19(12-18)29-17-6-4-3-5-7-17)21(25)24-20-9-8-15(13-23-20)22(26)27/h3-14H,1-2H3,(H,26,27)(H,23,24,25). The molecule has 0 unspecified atom stereocenters. The number of pyridine rings is 1. The maximum atomic E-state index is 12.7. The third-order valence-electron chi connectivity index (χ3n) is 3.74. The number of amides is 1. The molecule has 29 heavy (non-hydrogen) atoms. The van der Waals surface area contributed by atoms with Crippen LogP contribution in [0.3, 0.4) is 0 Å². The molecule has 1 amide bonds. The van der Waals surface area contributed by atoms with Gasteiger partial charge in [-0.3, -0.25) is 4.79 Å². The lowest BCUT2D eigenvalue weighted by molar-refractivity contribution is 0.0696. The summed E-state index contributed by atoms with van der Waals surface area (Å²) in [6.07, 6.45) is 1.10. The smallest absolute Gasteiger partial charge is 0.337 e. The van der Waals surface area contributed by atoms with Gasteiger partial charge < -0.3 is 19.9 Å². The third kappa shape index (κ3) is 5.55. The second-order valence-electron chi connectivity index (χ2n) is 6.47. The molecule has 3 aromatic rings. The summed E-state index contributed by atoms with van der Waals surface area (Å²) in [6.45, 7) is 3.77. The van der Waals surface area contributed by atoms with Crippen LogP contribution < -0.4 is 14.8 Å². The van der Waals surface area contributed by atoms with Crippen molar-refractivity contribution < 1.29 is 24.2 Å². The molecule has 2 N–H and O–H groups in total. The number of carbonyl (C=O) groups is 2. The number of anilines is 1. The molecule has 0 saturated carbocycles. The van der Waals surface area contributed by atoms with E-state index in [1.807, 2.05) is 44.2 Å². The van der Waals surface area contributed by atoms with E-state index in [0.717, 1.165) is 0 Å². The molecule has 0 radical (unpaired) electrons. The molecule has 148 valence electrons. The minimum Gasteiger partial charge on any atom is -0.491 e. The quantitative estimate of drug-likeness (QED) is 0.609. The Morgan fingerprint density at radius 3 is 2.28 bits per heavy atom. The van der Waals surface area contributed by atoms with Crippen LogP contribution in [0.5, 0.6) is 17.2 Å². The lowest BCUT2D eigenvalue weighted by atomic mass is 10.1. The SMILES string of the molecule is CC(C)Oc1cc(Oc2ccccc2)cc(C(=O)Nc2ccc(C(=O)O)cn2)c1. The maximum Gasteiger partial charge on any atom is 0.337 e. The summed E-state index contributed by atoms with van der Waals surface area (Å²) in [6, 6.07) is 16.9. The number of carboxylic acid groups (broad SMARTS) is 1. The number of hydrogen-bond acceptors (Lipinski definition) is 5. The highest BCUT2D eigenvalue weighted by atomic mass is 16.5. The molecule has 0 spiro atoms. The molecule has 7 nitrogen and oxygen atoms in total. The van der Waals surface area contributed by atoms with E-state index in [1.165, 1.54) is 18.3 Å². The molecule has 0 aliphatic rings. The summed E-state index contributed by atoms with van der Waals surface area (Å²) in [7, 11) is 0. The monoisotopic (exact) mass is 392 g/mol. The number of nitrogens with zero attached hydrogens (tertiary/aromatic N) is 1. The Bertz CT molecular complexity index is 1000. The van der Waals surface area contributed by atoms with Crippen molar-refractivity contribution in [3.8, 4) is 17.2 Å². The van der Waals surface area contributed by atoms with Crippen LogP contribution in [0.2, 0.25) is 0 Å². The van der Waals surface area contributed by atoms with Gasteiger partial charge in [0.25, 0.3) is 5.91 Å². The second-order valence-corrected chi connectivity index (χ2v) is 6.47. The van der Waals surface area contributed by atoms with E-state index in [4.69, 9.17) is 14.6 Å². The van der Waals surface area contributed by atoms with Gasteiger partial charge in [-0.1, -0.05) is 18.2 Å². The van der Waals surface area contributed by atoms with E-state index < -0.39 is 11.9 Å². The molecule has 0 saturated heterocycles. The highest BCUT2D eigenvalue weighted by Crippen LogP contribution is 2.28. The summed E-state index contributed by atoms with van der Waals surface area (Å²) in [4.78, 5) is 27.6. The normalized spacial score (nSPS) is 10.4. The third-order valence-corrected chi connectivity index (χ3v) is 3.74. The average Bonchev–Trinajstić information content (AvgIpc) is 2.68. The fraction of sp³-hybridized carbons (Fsp3) is 0.136. The Morgan fingerprint density at radius 1 is 0.931 bits per heavy atom. The van der Waals surface area contributed by atoms with E-state index in [0.29, 0.717) is 22.8 Å². The molecule has 3 rings (SSSR count). The average molecular weight is 392 g/mol. The van der Waals surface area contributed by atoms with Crippen molar-refractivity contribution in [1.82, 2.24) is 4.98 Å². The molecule has 1 aromatic heterocycles. The highest BCUT2D eigenvalue weighted by Gasteiger charge is 2.13. The van der Waals surface area contributed by atoms with Gasteiger partial charge in [-0.25, -0.2) is 9.78 Å². The summed E-state index contributed by atoms with van der Waals surface area (Å²) in [5.74, 6) is 0.304. The van der Waals surface area contributed by atoms with Crippen LogP contribution in [0.1, 0.15) is 34.6 Å². The van der Waals surface area contributed by atoms with Gasteiger partial charge in [-0.15, -0.1) is 0 Å². The summed E-state index contributed by atoms with van der Waals surface area (Å²) in [5.41, 5.74) is 0.354. The van der Waals surface area contributed by atoms with Crippen molar-refractivity contribution in [2.24, 2.45) is 0 Å². The number of nitrogens with one attached hydrogen (secondary N) is 1. The van der Waals surface area contributed by atoms with Gasteiger partial charge >= 0.3 is 5.97 Å². The first-order chi connectivity index (χ1) is 13.9. The first kappa shape index (κ1) is 19.9. The van der Waals surface area contributed by atoms with E-state index >= 15 is 0 Å². The lowest BCUT2D eigenvalue weighted by Crippen LogP contribution is -2.14. The van der Waals surface area contributed by atoms with Gasteiger partial charge in [0, 0.05) is 17.8 Å². The van der Waals surface area contributed by atoms with E-state index in [-0.39, 0.29) is 17.5 Å². The van der Waals surface area contributed by atoms with Crippen LogP contribution in [0.4, 0.5) is 5.82 Å². The number of benzene rings is 2. The van der Waals surface area contributed by atoms with Gasteiger partial charge in [-0.05, 0) is 50.2 Å². The first-order valence-corrected chi connectivity index (χ1v) is 8.96. The Morgan fingerprint density at radius 2 is 1.66 bits per heavy atom. The number of rotatable bonds is 7. The predicted molar refractivity (Wildman–Crippen MR) is 108 cm³/mol. The van der Waals surface area contributed by atoms with Crippen LogP contribution in [0.25, 0.3) is 0 Å². The van der Waals surface area contributed by atoms with Gasteiger partial charge in [0.15, 0.2) is 0 Å². The number of hydrogen-bond donors (Lipinski definition) is 2. The zero-order valence-electron chi connectivity index (χ0n) is 16.0. The molecule has 0 aliphatic carbocycles. The molecule has 0 atom stereocenters. The molecular weight excluding hydrogens is 372 g/mol. The maximum absolute atomic E-state index is 12.7. The molecule has 0 fully saturated rings. The van der Waals surface area contributed by atoms with Crippen molar-refractivity contribution in [3.63, 3.8) is 0 Å². The van der Waals surface area contributed by atoms with Gasteiger partial charge in [-0.2, -0.15) is 0 Å². The molecule has 1 heterocycles. The van der Waals surface area contributed by atoms with Crippen molar-refractivity contribution in [3.05, 3.63) is 78.0 Å². The first-order valence-electron chi connectivity index (χ1n) is 8.96. The zero-order chi connectivity index (χ0) is 20.8. The predicted octanol–water partition coefficient (Wildman–Crippen LogP) is 4.61. The van der Waals surface area contributed by atoms with Crippen molar-refractivity contribution in [1.29, 1.82) is 0 Å². The highest BCUT2D eigenvalue weighted by molar-refractivity contribution is 6.04. The number of carboxylic acids is 1. The largest absolute Gasteiger partial charge is 0.491 e. The summed E-state index contributed by atoms with van der Waals surface area (Å²) < 4.78 is 11.6. The number of ether oxygens (including phenoxy) is 2. The summed E-state index contributed by atoms with van der Waals surface area (Å²) in [5, 5.41) is 11.6. The molecular formula is C22H20N2O5. The lowest BCUT2D eigenvalue weighted by Gasteiger charge is -2.14. The number of aromatic carboxylic acids is 1. The van der Waals surface area contributed by atoms with Crippen molar-refractivity contribution >= 4 is 17.7 Å². The fourth-order valence-corrected chi connectivity index (χ4v) is 2.51. The van der Waals surface area contributed by atoms with Gasteiger partial charge in [0.1, 0.15) is 23.1 Å². The summed E-state index contributed by atoms with van der Waals surface area (Å²) >= 11 is 0. The molecule has 0 aliphatic heterocycles. The Labute approximate surface area is 167 Å². The van der Waals surface area contributed by atoms with E-state index in [9.17, 15) is 9.59 Å². The van der Waals surface area contributed by atoms with Crippen LogP contribution in [0, 0.1) is 0 Å². The minimum absolute atomic E-state index is 0.0360. The van der Waals surface area contributed by atoms with Gasteiger partial charge in [0.2, 0.25) is 0 Å². The van der Waals surface area contributed by atoms with E-state index in [2.05, 4.69) is 10.3 Å². The van der Waals surface area contributed by atoms with Crippen LogP contribution in [-0.2, 0) is 0 Å². The number of aromatic nitrogens is 1. The Hall–Kier alpha value is -3.87. The second kappa shape index (κ2) is 8.88. The molecule has 2 aromatic carbocycles. The van der Waals surface area contributed by atoms with Crippen molar-refractivity contribution in [2.75, 3.05) is 5.32 Å². The molecule has 0 bridgehead atoms. The zero-order valence-corrected chi connectivity index (χ0v) is 16.0. The minimum atomic E-state index is -1.09.